The molecule has 9 nitrogen and oxygen atoms in total. The Morgan fingerprint density at radius 3 is 0.769 bits per heavy atom. The zero-order valence-corrected chi connectivity index (χ0v) is 68.3. The summed E-state index contributed by atoms with van der Waals surface area (Å²) in [4.78, 5) is 36.0. The summed E-state index contributed by atoms with van der Waals surface area (Å²) in [6.45, 7) is 4.19. The van der Waals surface area contributed by atoms with Crippen LogP contribution in [0.3, 0.4) is 0 Å². The summed E-state index contributed by atoms with van der Waals surface area (Å²) in [6, 6.07) is 0. The standard InChI is InChI=1S/C94H156NO8P/c1-6-8-10-12-14-16-18-20-22-24-26-28-30-32-34-36-38-40-42-44-46-47-49-50-52-54-56-58-60-62-64-66-68-70-72-74-76-78-80-82-84-86-93(96)100-90-92(91-102-104(98,99)101-89-88-95(3,4)5)103-94(97)87-85-83-81-79-77-75-73-71-69-67-65-63-61-59-57-55-53-51-48-45-43-41-39-37-35-33-31-29-27-25-23-21-19-17-15-13-11-9-7-2/h8-11,14-17,20-23,26-29,32-35,39,41,45,48,53,55,59,61,65,67,71,73,92H,6-7,12-13,18-19,24-25,30-31,36-38,40,42-44,46-47,49-52,54,56-58,60,62-64,66,68-70,72,74-91H2,1-5H3/p+1/b10-8-,11-9-,16-14-,17-15-,22-20-,23-21-,28-26-,29-27-,34-32-,35-33-,41-39-,48-45-,55-53-,61-59-,67-65-,73-71-. The van der Waals surface area contributed by atoms with E-state index in [4.69, 9.17) is 18.5 Å². The lowest BCUT2D eigenvalue weighted by atomic mass is 10.0. The lowest BCUT2D eigenvalue weighted by molar-refractivity contribution is -0.870. The third-order valence-electron chi connectivity index (χ3n) is 17.6. The van der Waals surface area contributed by atoms with Crippen LogP contribution < -0.4 is 0 Å². The van der Waals surface area contributed by atoms with Crippen molar-refractivity contribution < 1.29 is 42.1 Å². The molecule has 10 heteroatoms. The minimum atomic E-state index is -4.41. The van der Waals surface area contributed by atoms with Gasteiger partial charge in [-0.3, -0.25) is 18.6 Å². The smallest absolute Gasteiger partial charge is 0.462 e. The maximum Gasteiger partial charge on any atom is 0.472 e. The number of quaternary nitrogens is 1. The molecule has 0 aliphatic rings. The van der Waals surface area contributed by atoms with E-state index in [1.54, 1.807) is 0 Å². The van der Waals surface area contributed by atoms with Gasteiger partial charge >= 0.3 is 19.8 Å². The molecule has 2 atom stereocenters. The minimum Gasteiger partial charge on any atom is -0.462 e. The number of hydrogen-bond acceptors (Lipinski definition) is 7. The van der Waals surface area contributed by atoms with Crippen molar-refractivity contribution in [2.24, 2.45) is 0 Å². The maximum atomic E-state index is 12.9. The molecule has 0 aromatic heterocycles. The Morgan fingerprint density at radius 1 is 0.298 bits per heavy atom. The van der Waals surface area contributed by atoms with Crippen LogP contribution in [0.4, 0.5) is 0 Å². The van der Waals surface area contributed by atoms with E-state index >= 15 is 0 Å². The number of allylic oxidation sites excluding steroid dienone is 32. The molecule has 0 saturated heterocycles. The lowest BCUT2D eigenvalue weighted by Gasteiger charge is -2.24. The first-order valence-electron chi connectivity index (χ1n) is 42.2. The van der Waals surface area contributed by atoms with Gasteiger partial charge in [-0.15, -0.1) is 0 Å². The van der Waals surface area contributed by atoms with Crippen LogP contribution in [-0.4, -0.2) is 74.9 Å². The average Bonchev–Trinajstić information content (AvgIpc) is 0.915. The number of ether oxygens (including phenoxy) is 2. The van der Waals surface area contributed by atoms with Crippen molar-refractivity contribution in [3.63, 3.8) is 0 Å². The van der Waals surface area contributed by atoms with E-state index < -0.39 is 26.5 Å². The molecule has 0 fully saturated rings. The first-order chi connectivity index (χ1) is 51.0. The van der Waals surface area contributed by atoms with Crippen LogP contribution in [0.15, 0.2) is 194 Å². The van der Waals surface area contributed by atoms with Crippen LogP contribution >= 0.6 is 7.82 Å². The van der Waals surface area contributed by atoms with Gasteiger partial charge in [-0.2, -0.15) is 0 Å². The summed E-state index contributed by atoms with van der Waals surface area (Å²) in [6.07, 6.45) is 127. The third kappa shape index (κ3) is 85.8. The van der Waals surface area contributed by atoms with Crippen LogP contribution in [0.1, 0.15) is 335 Å². The number of nitrogens with zero attached hydrogens (tertiary/aromatic N) is 1. The number of phosphoric ester groups is 1. The first-order valence-corrected chi connectivity index (χ1v) is 43.7. The average molecular weight is 1460 g/mol. The Kier molecular flexibility index (Phi) is 77.9. The quantitative estimate of drug-likeness (QED) is 0.0211. The number of phosphoric acid groups is 1. The van der Waals surface area contributed by atoms with Crippen molar-refractivity contribution in [3.8, 4) is 0 Å². The fourth-order valence-electron chi connectivity index (χ4n) is 11.3. The van der Waals surface area contributed by atoms with Gasteiger partial charge in [0, 0.05) is 12.8 Å². The van der Waals surface area contributed by atoms with Crippen molar-refractivity contribution >= 4 is 19.8 Å². The summed E-state index contributed by atoms with van der Waals surface area (Å²) >= 11 is 0. The topological polar surface area (TPSA) is 108 Å². The van der Waals surface area contributed by atoms with Gasteiger partial charge in [0.25, 0.3) is 0 Å². The number of carbonyl (C=O) groups is 2. The normalized spacial score (nSPS) is 14.0. The molecule has 104 heavy (non-hydrogen) atoms. The Hall–Kier alpha value is -5.15. The van der Waals surface area contributed by atoms with E-state index in [9.17, 15) is 19.0 Å². The largest absolute Gasteiger partial charge is 0.472 e. The van der Waals surface area contributed by atoms with Gasteiger partial charge in [0.1, 0.15) is 19.8 Å². The Balaban J connectivity index is 4.02. The lowest BCUT2D eigenvalue weighted by Crippen LogP contribution is -2.37. The second-order valence-electron chi connectivity index (χ2n) is 28.7. The minimum absolute atomic E-state index is 0.0201. The SMILES string of the molecule is CC/C=C\C/C=C\C/C=C\C/C=C\C/C=C\C/C=C\C/C=C\C/C=C\C/C=C\C/C=C\C/C=C\CCCCCCCC(=O)OC(COC(=O)CCCCCCCCCCCCCCCCCCCCCCCCCCC/C=C\C/C=C\C/C=C\C/C=C\C/C=C\CC)COP(=O)(O)OCC[N+](C)(C)C. The predicted octanol–water partition coefficient (Wildman–Crippen LogP) is 28.7. The number of carbonyl (C=O) groups excluding carboxylic acids is 2. The Labute approximate surface area is 641 Å². The molecular weight excluding hydrogens is 1300 g/mol. The van der Waals surface area contributed by atoms with Crippen molar-refractivity contribution in [2.75, 3.05) is 47.5 Å². The second kappa shape index (κ2) is 81.9. The molecule has 0 amide bonds. The molecule has 0 aromatic rings. The highest BCUT2D eigenvalue weighted by atomic mass is 31.2. The number of hydrogen-bond donors (Lipinski definition) is 1. The van der Waals surface area contributed by atoms with Gasteiger partial charge in [0.05, 0.1) is 27.7 Å². The van der Waals surface area contributed by atoms with E-state index in [0.29, 0.717) is 17.4 Å². The zero-order chi connectivity index (χ0) is 75.4. The molecule has 2 unspecified atom stereocenters. The molecule has 0 bridgehead atoms. The predicted molar refractivity (Wildman–Crippen MR) is 454 cm³/mol. The van der Waals surface area contributed by atoms with Gasteiger partial charge < -0.3 is 18.9 Å². The summed E-state index contributed by atoms with van der Waals surface area (Å²) in [5.74, 6) is -0.820. The van der Waals surface area contributed by atoms with Gasteiger partial charge in [-0.25, -0.2) is 4.57 Å². The highest BCUT2D eigenvalue weighted by Crippen LogP contribution is 2.43. The van der Waals surface area contributed by atoms with Crippen LogP contribution in [0, 0.1) is 0 Å². The van der Waals surface area contributed by atoms with E-state index in [0.717, 1.165) is 154 Å². The summed E-state index contributed by atoms with van der Waals surface area (Å²) < 4.78 is 34.8. The van der Waals surface area contributed by atoms with E-state index in [1.165, 1.54) is 148 Å². The number of unbranched alkanes of at least 4 members (excludes halogenated alkanes) is 30. The molecule has 0 aromatic carbocycles. The van der Waals surface area contributed by atoms with Crippen LogP contribution in [0.2, 0.25) is 0 Å². The van der Waals surface area contributed by atoms with E-state index in [1.807, 2.05) is 21.1 Å². The molecule has 0 saturated carbocycles. The molecule has 0 spiro atoms. The van der Waals surface area contributed by atoms with E-state index in [2.05, 4.69) is 208 Å². The van der Waals surface area contributed by atoms with Crippen molar-refractivity contribution in [2.45, 2.75) is 341 Å². The molecule has 0 radical (unpaired) electrons. The third-order valence-corrected chi connectivity index (χ3v) is 18.6. The fourth-order valence-corrected chi connectivity index (χ4v) is 12.0. The summed E-state index contributed by atoms with van der Waals surface area (Å²) in [7, 11) is 1.45. The first kappa shape index (κ1) is 98.8. The maximum absolute atomic E-state index is 12.9. The van der Waals surface area contributed by atoms with Crippen LogP contribution in [-0.2, 0) is 32.7 Å². The van der Waals surface area contributed by atoms with Crippen molar-refractivity contribution in [1.29, 1.82) is 0 Å². The van der Waals surface area contributed by atoms with Crippen molar-refractivity contribution in [1.82, 2.24) is 0 Å². The summed E-state index contributed by atoms with van der Waals surface area (Å²) in [5, 5.41) is 0. The zero-order valence-electron chi connectivity index (χ0n) is 67.4. The van der Waals surface area contributed by atoms with Gasteiger partial charge in [-0.05, 0) is 141 Å². The Bertz CT molecular complexity index is 2470. The van der Waals surface area contributed by atoms with Crippen LogP contribution in [0.5, 0.6) is 0 Å². The highest BCUT2D eigenvalue weighted by molar-refractivity contribution is 7.47. The molecular formula is C94H157NO8P+. The molecule has 0 aliphatic heterocycles. The fraction of sp³-hybridized carbons (Fsp3) is 0.638. The number of rotatable bonds is 76. The molecule has 1 N–H and O–H groups in total. The van der Waals surface area contributed by atoms with Gasteiger partial charge in [0.2, 0.25) is 0 Å². The second-order valence-corrected chi connectivity index (χ2v) is 30.2. The van der Waals surface area contributed by atoms with E-state index in [-0.39, 0.29) is 32.0 Å². The van der Waals surface area contributed by atoms with Gasteiger partial charge in [0.15, 0.2) is 6.10 Å². The number of esters is 2. The molecule has 590 valence electrons. The molecule has 0 aliphatic carbocycles. The van der Waals surface area contributed by atoms with Crippen molar-refractivity contribution in [3.05, 3.63) is 194 Å². The van der Waals surface area contributed by atoms with Gasteiger partial charge in [-0.1, -0.05) is 375 Å². The number of likely N-dealkylation sites (N-methyl/N-ethyl adjacent to an activating group) is 1. The monoisotopic (exact) mass is 1460 g/mol. The van der Waals surface area contributed by atoms with Crippen LogP contribution in [0.25, 0.3) is 0 Å². The molecule has 0 heterocycles. The molecule has 0 rings (SSSR count). The Morgan fingerprint density at radius 2 is 0.519 bits per heavy atom. The highest BCUT2D eigenvalue weighted by Gasteiger charge is 2.27. The summed E-state index contributed by atoms with van der Waals surface area (Å²) in [5.41, 5.74) is 0.